The molecule has 3 N–H and O–H groups in total. The second kappa shape index (κ2) is 6.24. The summed E-state index contributed by atoms with van der Waals surface area (Å²) in [6.45, 7) is 4.18. The topological polar surface area (TPSA) is 55.1 Å². The zero-order chi connectivity index (χ0) is 14.5. The average Bonchev–Trinajstić information content (AvgIpc) is 2.40. The van der Waals surface area contributed by atoms with Crippen molar-refractivity contribution >= 4 is 17.3 Å². The van der Waals surface area contributed by atoms with Crippen LogP contribution >= 0.6 is 0 Å². The van der Waals surface area contributed by atoms with Crippen molar-refractivity contribution in [1.82, 2.24) is 0 Å². The summed E-state index contributed by atoms with van der Waals surface area (Å²) in [5.41, 5.74) is 10.8. The molecule has 0 fully saturated rings. The van der Waals surface area contributed by atoms with Crippen LogP contribution in [0.25, 0.3) is 0 Å². The standard InChI is InChI=1S/C17H20N2O/c1-12-6-7-14(10-13(12)2)8-9-17(20)19-16-5-3-4-15(18)11-16/h3-7,10-11H,8-9,18H2,1-2H3,(H,19,20). The third kappa shape index (κ3) is 3.85. The first-order chi connectivity index (χ1) is 9.54. The van der Waals surface area contributed by atoms with Crippen molar-refractivity contribution in [2.45, 2.75) is 26.7 Å². The zero-order valence-corrected chi connectivity index (χ0v) is 11.9. The van der Waals surface area contributed by atoms with E-state index in [1.807, 2.05) is 12.1 Å². The molecule has 2 rings (SSSR count). The molecule has 0 spiro atoms. The molecular weight excluding hydrogens is 248 g/mol. The molecule has 0 aliphatic heterocycles. The van der Waals surface area contributed by atoms with Crippen molar-refractivity contribution in [2.24, 2.45) is 0 Å². The van der Waals surface area contributed by atoms with E-state index >= 15 is 0 Å². The van der Waals surface area contributed by atoms with Crippen molar-refractivity contribution in [1.29, 1.82) is 0 Å². The van der Waals surface area contributed by atoms with Crippen LogP contribution in [0, 0.1) is 13.8 Å². The maximum atomic E-state index is 11.9. The van der Waals surface area contributed by atoms with E-state index in [1.54, 1.807) is 12.1 Å². The fraction of sp³-hybridized carbons (Fsp3) is 0.235. The van der Waals surface area contributed by atoms with Crippen LogP contribution in [-0.4, -0.2) is 5.91 Å². The Bertz CT molecular complexity index is 620. The van der Waals surface area contributed by atoms with Gasteiger partial charge in [-0.2, -0.15) is 0 Å². The van der Waals surface area contributed by atoms with Gasteiger partial charge < -0.3 is 11.1 Å². The maximum Gasteiger partial charge on any atom is 0.224 e. The number of carbonyl (C=O) groups excluding carboxylic acids is 1. The maximum absolute atomic E-state index is 11.9. The highest BCUT2D eigenvalue weighted by Gasteiger charge is 2.04. The van der Waals surface area contributed by atoms with E-state index in [4.69, 9.17) is 5.73 Å². The molecule has 0 aliphatic carbocycles. The highest BCUT2D eigenvalue weighted by atomic mass is 16.1. The molecule has 2 aromatic rings. The predicted octanol–water partition coefficient (Wildman–Crippen LogP) is 3.46. The van der Waals surface area contributed by atoms with Crippen LogP contribution in [0.15, 0.2) is 42.5 Å². The Balaban J connectivity index is 1.90. The number of carbonyl (C=O) groups is 1. The third-order valence-electron chi connectivity index (χ3n) is 3.38. The van der Waals surface area contributed by atoms with E-state index in [0.29, 0.717) is 12.1 Å². The lowest BCUT2D eigenvalue weighted by Gasteiger charge is -2.07. The first-order valence-electron chi connectivity index (χ1n) is 6.76. The fourth-order valence-electron chi connectivity index (χ4n) is 2.06. The van der Waals surface area contributed by atoms with Gasteiger partial charge in [-0.3, -0.25) is 4.79 Å². The number of hydrogen-bond acceptors (Lipinski definition) is 2. The van der Waals surface area contributed by atoms with E-state index in [2.05, 4.69) is 37.4 Å². The summed E-state index contributed by atoms with van der Waals surface area (Å²) in [5, 5.41) is 2.86. The van der Waals surface area contributed by atoms with Gasteiger partial charge in [0.1, 0.15) is 0 Å². The normalized spacial score (nSPS) is 10.3. The van der Waals surface area contributed by atoms with Gasteiger partial charge in [0.2, 0.25) is 5.91 Å². The molecule has 0 radical (unpaired) electrons. The number of nitrogens with one attached hydrogen (secondary N) is 1. The summed E-state index contributed by atoms with van der Waals surface area (Å²) in [6, 6.07) is 13.5. The van der Waals surface area contributed by atoms with Gasteiger partial charge in [-0.15, -0.1) is 0 Å². The Labute approximate surface area is 119 Å². The molecule has 0 saturated carbocycles. The second-order valence-electron chi connectivity index (χ2n) is 5.09. The van der Waals surface area contributed by atoms with E-state index in [-0.39, 0.29) is 5.91 Å². The fourth-order valence-corrected chi connectivity index (χ4v) is 2.06. The van der Waals surface area contributed by atoms with Gasteiger partial charge in [-0.05, 0) is 55.2 Å². The Morgan fingerprint density at radius 2 is 1.90 bits per heavy atom. The van der Waals surface area contributed by atoms with E-state index in [1.165, 1.54) is 16.7 Å². The van der Waals surface area contributed by atoms with E-state index in [0.717, 1.165) is 12.1 Å². The summed E-state index contributed by atoms with van der Waals surface area (Å²) < 4.78 is 0. The van der Waals surface area contributed by atoms with Crippen LogP contribution in [0.3, 0.4) is 0 Å². The van der Waals surface area contributed by atoms with Crippen LogP contribution < -0.4 is 11.1 Å². The quantitative estimate of drug-likeness (QED) is 0.834. The summed E-state index contributed by atoms with van der Waals surface area (Å²) in [6.07, 6.45) is 1.21. The second-order valence-corrected chi connectivity index (χ2v) is 5.09. The third-order valence-corrected chi connectivity index (χ3v) is 3.38. The molecule has 1 amide bonds. The monoisotopic (exact) mass is 268 g/mol. The lowest BCUT2D eigenvalue weighted by Crippen LogP contribution is -2.12. The number of aryl methyl sites for hydroxylation is 3. The molecule has 0 atom stereocenters. The molecule has 3 nitrogen and oxygen atoms in total. The summed E-state index contributed by atoms with van der Waals surface area (Å²) in [4.78, 5) is 11.9. The van der Waals surface area contributed by atoms with Crippen LogP contribution in [-0.2, 0) is 11.2 Å². The van der Waals surface area contributed by atoms with Crippen LogP contribution in [0.2, 0.25) is 0 Å². The molecule has 0 unspecified atom stereocenters. The summed E-state index contributed by atoms with van der Waals surface area (Å²) in [5.74, 6) is 0.00817. The van der Waals surface area contributed by atoms with Gasteiger partial charge in [0, 0.05) is 17.8 Å². The van der Waals surface area contributed by atoms with E-state index < -0.39 is 0 Å². The smallest absolute Gasteiger partial charge is 0.224 e. The molecule has 3 heteroatoms. The van der Waals surface area contributed by atoms with Crippen molar-refractivity contribution < 1.29 is 4.79 Å². The Morgan fingerprint density at radius 3 is 2.60 bits per heavy atom. The highest BCUT2D eigenvalue weighted by molar-refractivity contribution is 5.91. The van der Waals surface area contributed by atoms with Crippen LogP contribution in [0.5, 0.6) is 0 Å². The minimum absolute atomic E-state index is 0.00817. The number of nitrogen functional groups attached to an aromatic ring is 1. The first-order valence-corrected chi connectivity index (χ1v) is 6.76. The van der Waals surface area contributed by atoms with Crippen molar-refractivity contribution in [3.05, 3.63) is 59.2 Å². The Kier molecular flexibility index (Phi) is 4.41. The van der Waals surface area contributed by atoms with Crippen molar-refractivity contribution in [3.63, 3.8) is 0 Å². The minimum atomic E-state index is 0.00817. The number of amides is 1. The minimum Gasteiger partial charge on any atom is -0.399 e. The lowest BCUT2D eigenvalue weighted by molar-refractivity contribution is -0.116. The summed E-state index contributed by atoms with van der Waals surface area (Å²) in [7, 11) is 0. The van der Waals surface area contributed by atoms with Gasteiger partial charge in [-0.25, -0.2) is 0 Å². The summed E-state index contributed by atoms with van der Waals surface area (Å²) >= 11 is 0. The number of hydrogen-bond donors (Lipinski definition) is 2. The van der Waals surface area contributed by atoms with Gasteiger partial charge in [0.15, 0.2) is 0 Å². The number of rotatable bonds is 4. The van der Waals surface area contributed by atoms with Gasteiger partial charge in [-0.1, -0.05) is 24.3 Å². The number of benzene rings is 2. The number of nitrogens with two attached hydrogens (primary N) is 1. The SMILES string of the molecule is Cc1ccc(CCC(=O)Nc2cccc(N)c2)cc1C. The van der Waals surface area contributed by atoms with Crippen LogP contribution in [0.4, 0.5) is 11.4 Å². The molecule has 0 saturated heterocycles. The number of anilines is 2. The Morgan fingerprint density at radius 1 is 1.10 bits per heavy atom. The lowest BCUT2D eigenvalue weighted by atomic mass is 10.0. The molecule has 2 aromatic carbocycles. The van der Waals surface area contributed by atoms with E-state index in [9.17, 15) is 4.79 Å². The van der Waals surface area contributed by atoms with Gasteiger partial charge in [0.25, 0.3) is 0 Å². The zero-order valence-electron chi connectivity index (χ0n) is 11.9. The van der Waals surface area contributed by atoms with Crippen molar-refractivity contribution in [2.75, 3.05) is 11.1 Å². The molecular formula is C17H20N2O. The van der Waals surface area contributed by atoms with Gasteiger partial charge >= 0.3 is 0 Å². The molecule has 0 heterocycles. The largest absolute Gasteiger partial charge is 0.399 e. The van der Waals surface area contributed by atoms with Crippen LogP contribution in [0.1, 0.15) is 23.1 Å². The van der Waals surface area contributed by atoms with Gasteiger partial charge in [0.05, 0.1) is 0 Å². The molecule has 0 aromatic heterocycles. The molecule has 0 bridgehead atoms. The highest BCUT2D eigenvalue weighted by Crippen LogP contribution is 2.14. The van der Waals surface area contributed by atoms with Crippen molar-refractivity contribution in [3.8, 4) is 0 Å². The molecule has 0 aliphatic rings. The molecule has 104 valence electrons. The predicted molar refractivity (Wildman–Crippen MR) is 83.7 cm³/mol. The molecule has 20 heavy (non-hydrogen) atoms. The first kappa shape index (κ1) is 14.1. The average molecular weight is 268 g/mol. The Hall–Kier alpha value is -2.29.